The number of hydrogen-bond acceptors (Lipinski definition) is 2. The lowest BCUT2D eigenvalue weighted by atomic mass is 9.99. The molecule has 0 N–H and O–H groups in total. The summed E-state index contributed by atoms with van der Waals surface area (Å²) in [5, 5.41) is 5.38. The van der Waals surface area contributed by atoms with Gasteiger partial charge in [-0.3, -0.25) is 9.48 Å². The van der Waals surface area contributed by atoms with Crippen molar-refractivity contribution in [1.29, 1.82) is 0 Å². The molecule has 2 rings (SSSR count). The van der Waals surface area contributed by atoms with Crippen molar-refractivity contribution in [3.05, 3.63) is 17.5 Å². The fourth-order valence-electron chi connectivity index (χ4n) is 2.35. The molecule has 1 saturated heterocycles. The average molecular weight is 314 g/mol. The van der Waals surface area contributed by atoms with Crippen LogP contribution in [0.15, 0.2) is 6.07 Å². The van der Waals surface area contributed by atoms with Crippen LogP contribution >= 0.6 is 15.9 Å². The van der Waals surface area contributed by atoms with E-state index in [-0.39, 0.29) is 5.91 Å². The first kappa shape index (κ1) is 13.6. The van der Waals surface area contributed by atoms with E-state index >= 15 is 0 Å². The second kappa shape index (κ2) is 5.87. The van der Waals surface area contributed by atoms with Gasteiger partial charge in [-0.1, -0.05) is 22.9 Å². The van der Waals surface area contributed by atoms with Crippen molar-refractivity contribution in [2.45, 2.75) is 26.2 Å². The predicted octanol–water partition coefficient (Wildman–Crippen LogP) is 2.23. The minimum atomic E-state index is 0.123. The van der Waals surface area contributed by atoms with Crippen LogP contribution in [0, 0.1) is 5.92 Å². The molecule has 2 heterocycles. The second-order valence-electron chi connectivity index (χ2n) is 4.89. The molecule has 0 bridgehead atoms. The van der Waals surface area contributed by atoms with E-state index in [1.165, 1.54) is 0 Å². The SMILES string of the molecule is CCc1cc(C(=O)N2CCC(CBr)CC2)n(C)n1. The van der Waals surface area contributed by atoms with Gasteiger partial charge in [-0.05, 0) is 31.2 Å². The van der Waals surface area contributed by atoms with Crippen LogP contribution in [-0.4, -0.2) is 39.0 Å². The number of nitrogens with zero attached hydrogens (tertiary/aromatic N) is 3. The molecule has 0 aliphatic carbocycles. The Labute approximate surface area is 116 Å². The van der Waals surface area contributed by atoms with Gasteiger partial charge in [0.1, 0.15) is 5.69 Å². The van der Waals surface area contributed by atoms with Crippen LogP contribution in [-0.2, 0) is 13.5 Å². The summed E-state index contributed by atoms with van der Waals surface area (Å²) in [7, 11) is 1.84. The standard InChI is InChI=1S/C13H20BrN3O/c1-3-11-8-12(16(2)15-11)13(18)17-6-4-10(9-14)5-7-17/h8,10H,3-7,9H2,1-2H3. The molecule has 1 amide bonds. The van der Waals surface area contributed by atoms with E-state index in [0.717, 1.165) is 43.4 Å². The van der Waals surface area contributed by atoms with Crippen LogP contribution in [0.4, 0.5) is 0 Å². The number of hydrogen-bond donors (Lipinski definition) is 0. The summed E-state index contributed by atoms with van der Waals surface area (Å²) >= 11 is 3.52. The number of aromatic nitrogens is 2. The summed E-state index contributed by atoms with van der Waals surface area (Å²) in [6, 6.07) is 1.92. The molecular weight excluding hydrogens is 294 g/mol. The van der Waals surface area contributed by atoms with Gasteiger partial charge in [0, 0.05) is 25.5 Å². The van der Waals surface area contributed by atoms with E-state index in [9.17, 15) is 4.79 Å². The summed E-state index contributed by atoms with van der Waals surface area (Å²) in [4.78, 5) is 14.4. The molecule has 1 aliphatic rings. The Morgan fingerprint density at radius 2 is 2.17 bits per heavy atom. The zero-order chi connectivity index (χ0) is 13.1. The zero-order valence-corrected chi connectivity index (χ0v) is 12.6. The number of carbonyl (C=O) groups excluding carboxylic acids is 1. The van der Waals surface area contributed by atoms with E-state index in [1.54, 1.807) is 4.68 Å². The lowest BCUT2D eigenvalue weighted by molar-refractivity contribution is 0.0688. The largest absolute Gasteiger partial charge is 0.337 e. The van der Waals surface area contributed by atoms with Gasteiger partial charge in [0.2, 0.25) is 0 Å². The molecule has 0 atom stereocenters. The van der Waals surface area contributed by atoms with Crippen molar-refractivity contribution >= 4 is 21.8 Å². The first-order valence-corrected chi connectivity index (χ1v) is 7.66. The molecular formula is C13H20BrN3O. The summed E-state index contributed by atoms with van der Waals surface area (Å²) in [6.45, 7) is 3.78. The number of piperidine rings is 1. The highest BCUT2D eigenvalue weighted by atomic mass is 79.9. The molecule has 1 aliphatic heterocycles. The van der Waals surface area contributed by atoms with Crippen molar-refractivity contribution in [3.63, 3.8) is 0 Å². The van der Waals surface area contributed by atoms with Crippen LogP contribution in [0.3, 0.4) is 0 Å². The van der Waals surface area contributed by atoms with Crippen molar-refractivity contribution in [2.24, 2.45) is 13.0 Å². The van der Waals surface area contributed by atoms with Crippen LogP contribution in [0.1, 0.15) is 35.9 Å². The number of amides is 1. The van der Waals surface area contributed by atoms with Gasteiger partial charge in [0.15, 0.2) is 0 Å². The van der Waals surface area contributed by atoms with Gasteiger partial charge in [-0.25, -0.2) is 0 Å². The lowest BCUT2D eigenvalue weighted by Gasteiger charge is -2.31. The highest BCUT2D eigenvalue weighted by molar-refractivity contribution is 9.09. The quantitative estimate of drug-likeness (QED) is 0.803. The van der Waals surface area contributed by atoms with Gasteiger partial charge in [0.05, 0.1) is 5.69 Å². The third kappa shape index (κ3) is 2.76. The summed E-state index contributed by atoms with van der Waals surface area (Å²) < 4.78 is 1.71. The molecule has 0 spiro atoms. The maximum Gasteiger partial charge on any atom is 0.272 e. The smallest absolute Gasteiger partial charge is 0.272 e. The van der Waals surface area contributed by atoms with E-state index in [2.05, 4.69) is 28.0 Å². The van der Waals surface area contributed by atoms with Crippen molar-refractivity contribution in [1.82, 2.24) is 14.7 Å². The predicted molar refractivity (Wildman–Crippen MR) is 75.0 cm³/mol. The number of halogens is 1. The topological polar surface area (TPSA) is 38.1 Å². The molecule has 0 unspecified atom stereocenters. The first-order valence-electron chi connectivity index (χ1n) is 6.53. The van der Waals surface area contributed by atoms with E-state index < -0.39 is 0 Å². The Balaban J connectivity index is 2.05. The highest BCUT2D eigenvalue weighted by Crippen LogP contribution is 2.20. The van der Waals surface area contributed by atoms with Gasteiger partial charge in [0.25, 0.3) is 5.91 Å². The monoisotopic (exact) mass is 313 g/mol. The molecule has 5 heteroatoms. The van der Waals surface area contributed by atoms with Crippen molar-refractivity contribution in [2.75, 3.05) is 18.4 Å². The van der Waals surface area contributed by atoms with Crippen LogP contribution in [0.25, 0.3) is 0 Å². The molecule has 0 radical (unpaired) electrons. The van der Waals surface area contributed by atoms with Crippen LogP contribution in [0.2, 0.25) is 0 Å². The summed E-state index contributed by atoms with van der Waals surface area (Å²) in [5.74, 6) is 0.838. The normalized spacial score (nSPS) is 17.2. The van der Waals surface area contributed by atoms with Crippen LogP contribution in [0.5, 0.6) is 0 Å². The van der Waals surface area contributed by atoms with Crippen LogP contribution < -0.4 is 0 Å². The van der Waals surface area contributed by atoms with Gasteiger partial charge < -0.3 is 4.90 Å². The highest BCUT2D eigenvalue weighted by Gasteiger charge is 2.25. The number of carbonyl (C=O) groups is 1. The zero-order valence-electron chi connectivity index (χ0n) is 11.0. The van der Waals surface area contributed by atoms with Gasteiger partial charge >= 0.3 is 0 Å². The number of rotatable bonds is 3. The van der Waals surface area contributed by atoms with Crippen molar-refractivity contribution < 1.29 is 4.79 Å². The number of likely N-dealkylation sites (tertiary alicyclic amines) is 1. The number of alkyl halides is 1. The molecule has 1 aromatic rings. The Morgan fingerprint density at radius 3 is 2.67 bits per heavy atom. The second-order valence-corrected chi connectivity index (χ2v) is 5.54. The van der Waals surface area contributed by atoms with Crippen molar-refractivity contribution in [3.8, 4) is 0 Å². The Kier molecular flexibility index (Phi) is 4.43. The van der Waals surface area contributed by atoms with E-state index in [1.807, 2.05) is 18.0 Å². The molecule has 100 valence electrons. The molecule has 1 fully saturated rings. The summed E-state index contributed by atoms with van der Waals surface area (Å²) in [6.07, 6.45) is 3.05. The molecule has 1 aromatic heterocycles. The maximum atomic E-state index is 12.4. The molecule has 0 aromatic carbocycles. The molecule has 0 saturated carbocycles. The number of aryl methyl sites for hydroxylation is 2. The minimum Gasteiger partial charge on any atom is -0.337 e. The van der Waals surface area contributed by atoms with Gasteiger partial charge in [-0.2, -0.15) is 5.10 Å². The Bertz CT molecular complexity index is 422. The van der Waals surface area contributed by atoms with E-state index in [4.69, 9.17) is 0 Å². The lowest BCUT2D eigenvalue weighted by Crippen LogP contribution is -2.39. The average Bonchev–Trinajstić information content (AvgIpc) is 2.79. The first-order chi connectivity index (χ1) is 8.65. The fraction of sp³-hybridized carbons (Fsp3) is 0.692. The van der Waals surface area contributed by atoms with Gasteiger partial charge in [-0.15, -0.1) is 0 Å². The maximum absolute atomic E-state index is 12.4. The molecule has 4 nitrogen and oxygen atoms in total. The fourth-order valence-corrected chi connectivity index (χ4v) is 3.00. The third-order valence-electron chi connectivity index (χ3n) is 3.63. The summed E-state index contributed by atoms with van der Waals surface area (Å²) in [5.41, 5.74) is 1.69. The minimum absolute atomic E-state index is 0.123. The Hall–Kier alpha value is -0.840. The third-order valence-corrected chi connectivity index (χ3v) is 4.55. The van der Waals surface area contributed by atoms with E-state index in [0.29, 0.717) is 11.6 Å². The Morgan fingerprint density at radius 1 is 1.50 bits per heavy atom. The molecule has 18 heavy (non-hydrogen) atoms.